The van der Waals surface area contributed by atoms with Crippen LogP contribution in [0.4, 0.5) is 0 Å². The third kappa shape index (κ3) is 1.91. The molecule has 4 rings (SSSR count). The molecule has 0 spiro atoms. The first-order valence-electron chi connectivity index (χ1n) is 7.65. The first kappa shape index (κ1) is 12.9. The number of hydrogen-bond acceptors (Lipinski definition) is 3. The third-order valence-electron chi connectivity index (χ3n) is 6.05. The third-order valence-corrected chi connectivity index (χ3v) is 6.05. The predicted octanol–water partition coefficient (Wildman–Crippen LogP) is 1.76. The quantitative estimate of drug-likeness (QED) is 0.784. The van der Waals surface area contributed by atoms with Crippen molar-refractivity contribution in [2.75, 3.05) is 20.2 Å². The molecule has 0 aliphatic heterocycles. The van der Waals surface area contributed by atoms with Gasteiger partial charge in [-0.3, -0.25) is 0 Å². The lowest BCUT2D eigenvalue weighted by molar-refractivity contribution is -0.0731. The topological polar surface area (TPSA) is 47.3 Å². The Kier molecular flexibility index (Phi) is 3.41. The molecule has 4 bridgehead atoms. The fourth-order valence-electron chi connectivity index (χ4n) is 5.14. The largest absolute Gasteiger partial charge is 0.380 e. The van der Waals surface area contributed by atoms with E-state index in [-0.39, 0.29) is 11.6 Å². The fourth-order valence-corrected chi connectivity index (χ4v) is 5.14. The van der Waals surface area contributed by atoms with Gasteiger partial charge in [-0.2, -0.15) is 0 Å². The SMILES string of the molecule is COC(C)CNC1(CN)C2CC3CC(C2)CC1C3. The molecule has 1 atom stereocenters. The highest BCUT2D eigenvalue weighted by Gasteiger charge is 2.56. The average Bonchev–Trinajstić information content (AvgIpc) is 2.37. The van der Waals surface area contributed by atoms with E-state index in [2.05, 4.69) is 12.2 Å². The first-order chi connectivity index (χ1) is 8.68. The zero-order valence-corrected chi connectivity index (χ0v) is 11.8. The monoisotopic (exact) mass is 252 g/mol. The van der Waals surface area contributed by atoms with Gasteiger partial charge in [-0.1, -0.05) is 0 Å². The van der Waals surface area contributed by atoms with Gasteiger partial charge in [0.05, 0.1) is 6.10 Å². The molecule has 4 aliphatic carbocycles. The van der Waals surface area contributed by atoms with Gasteiger partial charge in [0, 0.05) is 25.7 Å². The van der Waals surface area contributed by atoms with Gasteiger partial charge in [0.15, 0.2) is 0 Å². The molecule has 18 heavy (non-hydrogen) atoms. The maximum Gasteiger partial charge on any atom is 0.0667 e. The van der Waals surface area contributed by atoms with Crippen LogP contribution in [0.15, 0.2) is 0 Å². The molecule has 0 aromatic carbocycles. The smallest absolute Gasteiger partial charge is 0.0667 e. The van der Waals surface area contributed by atoms with E-state index in [1.165, 1.54) is 32.1 Å². The molecule has 0 aromatic heterocycles. The van der Waals surface area contributed by atoms with Crippen LogP contribution in [0.3, 0.4) is 0 Å². The molecule has 4 aliphatic rings. The minimum absolute atomic E-state index is 0.222. The summed E-state index contributed by atoms with van der Waals surface area (Å²) in [6.45, 7) is 3.88. The highest BCUT2D eigenvalue weighted by atomic mass is 16.5. The summed E-state index contributed by atoms with van der Waals surface area (Å²) in [5, 5.41) is 3.83. The number of nitrogens with two attached hydrogens (primary N) is 1. The van der Waals surface area contributed by atoms with Gasteiger partial charge in [-0.25, -0.2) is 0 Å². The van der Waals surface area contributed by atoms with Crippen LogP contribution < -0.4 is 11.1 Å². The molecule has 0 radical (unpaired) electrons. The van der Waals surface area contributed by atoms with E-state index in [0.717, 1.165) is 36.8 Å². The first-order valence-corrected chi connectivity index (χ1v) is 7.65. The molecule has 3 nitrogen and oxygen atoms in total. The number of hydrogen-bond donors (Lipinski definition) is 2. The van der Waals surface area contributed by atoms with Crippen molar-refractivity contribution in [3.63, 3.8) is 0 Å². The lowest BCUT2D eigenvalue weighted by Crippen LogP contribution is -2.69. The Morgan fingerprint density at radius 2 is 1.72 bits per heavy atom. The molecule has 4 saturated carbocycles. The molecule has 0 amide bonds. The summed E-state index contributed by atoms with van der Waals surface area (Å²) in [5.41, 5.74) is 6.44. The van der Waals surface area contributed by atoms with E-state index < -0.39 is 0 Å². The summed E-state index contributed by atoms with van der Waals surface area (Å²) in [7, 11) is 1.79. The molecule has 1 unspecified atom stereocenters. The molecule has 3 N–H and O–H groups in total. The van der Waals surface area contributed by atoms with Gasteiger partial charge in [-0.15, -0.1) is 0 Å². The Morgan fingerprint density at radius 3 is 2.17 bits per heavy atom. The Balaban J connectivity index is 1.74. The fraction of sp³-hybridized carbons (Fsp3) is 1.00. The Labute approximate surface area is 111 Å². The minimum Gasteiger partial charge on any atom is -0.380 e. The zero-order chi connectivity index (χ0) is 12.8. The Morgan fingerprint density at radius 1 is 1.17 bits per heavy atom. The van der Waals surface area contributed by atoms with Gasteiger partial charge in [0.25, 0.3) is 0 Å². The normalized spacial score (nSPS) is 47.5. The lowest BCUT2D eigenvalue weighted by atomic mass is 9.48. The number of rotatable bonds is 5. The maximum absolute atomic E-state index is 6.21. The van der Waals surface area contributed by atoms with Gasteiger partial charge >= 0.3 is 0 Å². The van der Waals surface area contributed by atoms with Crippen molar-refractivity contribution < 1.29 is 4.74 Å². The van der Waals surface area contributed by atoms with Crippen LogP contribution in [-0.2, 0) is 4.74 Å². The molecule has 104 valence electrons. The van der Waals surface area contributed by atoms with Crippen molar-refractivity contribution in [1.29, 1.82) is 0 Å². The van der Waals surface area contributed by atoms with Crippen molar-refractivity contribution in [3.8, 4) is 0 Å². The van der Waals surface area contributed by atoms with Crippen molar-refractivity contribution in [2.24, 2.45) is 29.4 Å². The average molecular weight is 252 g/mol. The van der Waals surface area contributed by atoms with E-state index >= 15 is 0 Å². The van der Waals surface area contributed by atoms with Crippen molar-refractivity contribution >= 4 is 0 Å². The highest BCUT2D eigenvalue weighted by Crippen LogP contribution is 2.57. The maximum atomic E-state index is 6.21. The van der Waals surface area contributed by atoms with E-state index in [0.29, 0.717) is 0 Å². The van der Waals surface area contributed by atoms with Crippen LogP contribution in [-0.4, -0.2) is 31.8 Å². The molecular formula is C15H28N2O. The van der Waals surface area contributed by atoms with Crippen molar-refractivity contribution in [3.05, 3.63) is 0 Å². The second-order valence-corrected chi connectivity index (χ2v) is 6.98. The summed E-state index contributed by atoms with van der Waals surface area (Å²) in [6.07, 6.45) is 7.45. The summed E-state index contributed by atoms with van der Waals surface area (Å²) in [5.74, 6) is 3.66. The van der Waals surface area contributed by atoms with E-state index in [1.807, 2.05) is 0 Å². The van der Waals surface area contributed by atoms with Crippen molar-refractivity contribution in [2.45, 2.75) is 50.7 Å². The summed E-state index contributed by atoms with van der Waals surface area (Å²) in [6, 6.07) is 0. The zero-order valence-electron chi connectivity index (χ0n) is 11.8. The summed E-state index contributed by atoms with van der Waals surface area (Å²) in [4.78, 5) is 0. The number of ether oxygens (including phenoxy) is 1. The van der Waals surface area contributed by atoms with Crippen LogP contribution in [0.25, 0.3) is 0 Å². The molecule has 0 heterocycles. The van der Waals surface area contributed by atoms with Crippen molar-refractivity contribution in [1.82, 2.24) is 5.32 Å². The Bertz CT molecular complexity index is 277. The predicted molar refractivity (Wildman–Crippen MR) is 73.3 cm³/mol. The van der Waals surface area contributed by atoms with E-state index in [4.69, 9.17) is 10.5 Å². The van der Waals surface area contributed by atoms with Crippen LogP contribution in [0.2, 0.25) is 0 Å². The number of nitrogens with one attached hydrogen (secondary N) is 1. The van der Waals surface area contributed by atoms with Gasteiger partial charge in [0.1, 0.15) is 0 Å². The van der Waals surface area contributed by atoms with Gasteiger partial charge in [-0.05, 0) is 62.7 Å². The number of methoxy groups -OCH3 is 1. The van der Waals surface area contributed by atoms with Crippen LogP contribution in [0.5, 0.6) is 0 Å². The highest BCUT2D eigenvalue weighted by molar-refractivity contribution is 5.11. The Hall–Kier alpha value is -0.120. The molecular weight excluding hydrogens is 224 g/mol. The van der Waals surface area contributed by atoms with E-state index in [1.54, 1.807) is 7.11 Å². The van der Waals surface area contributed by atoms with E-state index in [9.17, 15) is 0 Å². The molecule has 0 aromatic rings. The van der Waals surface area contributed by atoms with Crippen LogP contribution in [0, 0.1) is 23.7 Å². The summed E-state index contributed by atoms with van der Waals surface area (Å²) < 4.78 is 5.38. The van der Waals surface area contributed by atoms with Crippen LogP contribution >= 0.6 is 0 Å². The molecule has 4 fully saturated rings. The summed E-state index contributed by atoms with van der Waals surface area (Å²) >= 11 is 0. The molecule has 0 saturated heterocycles. The van der Waals surface area contributed by atoms with Gasteiger partial charge in [0.2, 0.25) is 0 Å². The molecule has 3 heteroatoms. The van der Waals surface area contributed by atoms with Gasteiger partial charge < -0.3 is 15.8 Å². The standard InChI is InChI=1S/C15H28N2O/c1-10(18-2)8-17-15(9-16)13-4-11-3-12(6-13)7-14(15)5-11/h10-14,17H,3-9,16H2,1-2H3. The second-order valence-electron chi connectivity index (χ2n) is 6.98. The second kappa shape index (κ2) is 4.77. The van der Waals surface area contributed by atoms with Crippen LogP contribution in [0.1, 0.15) is 39.0 Å². The lowest BCUT2D eigenvalue weighted by Gasteiger charge is -2.61. The minimum atomic E-state index is 0.222.